The van der Waals surface area contributed by atoms with Crippen LogP contribution >= 0.6 is 0 Å². The highest BCUT2D eigenvalue weighted by atomic mass is 19.2. The zero-order chi connectivity index (χ0) is 13.5. The van der Waals surface area contributed by atoms with Gasteiger partial charge in [0.25, 0.3) is 0 Å². The van der Waals surface area contributed by atoms with Gasteiger partial charge >= 0.3 is 0 Å². The Morgan fingerprint density at radius 2 is 2.00 bits per heavy atom. The fraction of sp³-hybridized carbons (Fsp3) is 0.571. The molecule has 0 aromatic heterocycles. The molecule has 0 fully saturated rings. The van der Waals surface area contributed by atoms with Crippen LogP contribution in [0.3, 0.4) is 0 Å². The smallest absolute Gasteiger partial charge is 0.159 e. The molecule has 0 saturated heterocycles. The van der Waals surface area contributed by atoms with Gasteiger partial charge < -0.3 is 10.1 Å². The minimum absolute atomic E-state index is 0.0182. The lowest BCUT2D eigenvalue weighted by Crippen LogP contribution is -2.41. The summed E-state index contributed by atoms with van der Waals surface area (Å²) in [4.78, 5) is 0. The van der Waals surface area contributed by atoms with Crippen LogP contribution in [-0.2, 0) is 11.2 Å². The van der Waals surface area contributed by atoms with Gasteiger partial charge in [-0.15, -0.1) is 0 Å². The van der Waals surface area contributed by atoms with Crippen LogP contribution in [0.5, 0.6) is 0 Å². The number of ether oxygens (including phenoxy) is 1. The molecule has 4 heteroatoms. The van der Waals surface area contributed by atoms with Crippen molar-refractivity contribution < 1.29 is 13.5 Å². The Kier molecular flexibility index (Phi) is 6.22. The molecule has 102 valence electrons. The van der Waals surface area contributed by atoms with Gasteiger partial charge in [0.15, 0.2) is 11.6 Å². The van der Waals surface area contributed by atoms with E-state index in [1.807, 2.05) is 6.92 Å². The van der Waals surface area contributed by atoms with E-state index in [0.717, 1.165) is 18.5 Å². The first-order valence-electron chi connectivity index (χ1n) is 6.28. The maximum absolute atomic E-state index is 13.1. The van der Waals surface area contributed by atoms with Crippen LogP contribution < -0.4 is 5.32 Å². The number of hydrogen-bond donors (Lipinski definition) is 1. The second-order valence-corrected chi connectivity index (χ2v) is 4.45. The van der Waals surface area contributed by atoms with Crippen molar-refractivity contribution >= 4 is 0 Å². The van der Waals surface area contributed by atoms with Crippen molar-refractivity contribution in [1.29, 1.82) is 0 Å². The normalized spacial score (nSPS) is 14.5. The van der Waals surface area contributed by atoms with Gasteiger partial charge in [-0.3, -0.25) is 0 Å². The lowest BCUT2D eigenvalue weighted by molar-refractivity contribution is 0.0830. The summed E-state index contributed by atoms with van der Waals surface area (Å²) in [5.74, 6) is -1.61. The molecule has 1 aromatic rings. The average molecular weight is 257 g/mol. The van der Waals surface area contributed by atoms with E-state index < -0.39 is 11.6 Å². The zero-order valence-electron chi connectivity index (χ0n) is 11.2. The summed E-state index contributed by atoms with van der Waals surface area (Å²) in [6.45, 7) is 4.92. The van der Waals surface area contributed by atoms with Crippen LogP contribution in [0, 0.1) is 11.6 Å². The molecule has 0 spiro atoms. The molecule has 2 nitrogen and oxygen atoms in total. The third-order valence-electron chi connectivity index (χ3n) is 3.03. The highest BCUT2D eigenvalue weighted by Crippen LogP contribution is 2.12. The van der Waals surface area contributed by atoms with Crippen LogP contribution in [0.25, 0.3) is 0 Å². The molecule has 0 aliphatic rings. The molecule has 18 heavy (non-hydrogen) atoms. The fourth-order valence-corrected chi connectivity index (χ4v) is 1.82. The summed E-state index contributed by atoms with van der Waals surface area (Å²) in [5.41, 5.74) is 0.770. The van der Waals surface area contributed by atoms with Crippen molar-refractivity contribution in [2.24, 2.45) is 0 Å². The molecule has 0 bridgehead atoms. The van der Waals surface area contributed by atoms with Gasteiger partial charge in [0.1, 0.15) is 0 Å². The third-order valence-corrected chi connectivity index (χ3v) is 3.03. The molecular formula is C14H21F2NO. The number of hydrogen-bond acceptors (Lipinski definition) is 2. The lowest BCUT2D eigenvalue weighted by Gasteiger charge is -2.24. The first kappa shape index (κ1) is 15.1. The van der Waals surface area contributed by atoms with Gasteiger partial charge in [-0.25, -0.2) is 8.78 Å². The minimum Gasteiger partial charge on any atom is -0.380 e. The Hall–Kier alpha value is -1.00. The van der Waals surface area contributed by atoms with Crippen molar-refractivity contribution in [2.75, 3.05) is 13.7 Å². The third kappa shape index (κ3) is 4.35. The molecule has 1 rings (SSSR count). The number of rotatable bonds is 7. The first-order valence-corrected chi connectivity index (χ1v) is 6.28. The molecule has 0 saturated carbocycles. The summed E-state index contributed by atoms with van der Waals surface area (Å²) in [6, 6.07) is 4.12. The van der Waals surface area contributed by atoms with E-state index in [2.05, 4.69) is 12.2 Å². The number of nitrogens with one attached hydrogen (secondary N) is 1. The standard InChI is InChI=1S/C14H21F2NO/c1-4-7-17-14(10(2)18-3)9-11-5-6-12(15)13(16)8-11/h5-6,8,10,14,17H,4,7,9H2,1-3H3. The Bertz CT molecular complexity index is 371. The largest absolute Gasteiger partial charge is 0.380 e. The Balaban J connectivity index is 2.71. The molecule has 0 heterocycles. The van der Waals surface area contributed by atoms with Gasteiger partial charge in [-0.2, -0.15) is 0 Å². The van der Waals surface area contributed by atoms with Gasteiger partial charge in [-0.1, -0.05) is 13.0 Å². The predicted octanol–water partition coefficient (Wildman–Crippen LogP) is 2.91. The van der Waals surface area contributed by atoms with Crippen LogP contribution in [0.1, 0.15) is 25.8 Å². The highest BCUT2D eigenvalue weighted by Gasteiger charge is 2.17. The van der Waals surface area contributed by atoms with Crippen molar-refractivity contribution in [2.45, 2.75) is 38.8 Å². The molecule has 0 aliphatic carbocycles. The van der Waals surface area contributed by atoms with Crippen molar-refractivity contribution in [1.82, 2.24) is 5.32 Å². The summed E-state index contributed by atoms with van der Waals surface area (Å²) in [5, 5.41) is 3.36. The fourth-order valence-electron chi connectivity index (χ4n) is 1.82. The SMILES string of the molecule is CCCNC(Cc1ccc(F)c(F)c1)C(C)OC. The van der Waals surface area contributed by atoms with Crippen molar-refractivity contribution in [3.8, 4) is 0 Å². The van der Waals surface area contributed by atoms with Gasteiger partial charge in [0.2, 0.25) is 0 Å². The van der Waals surface area contributed by atoms with Crippen LogP contribution in [0.2, 0.25) is 0 Å². The first-order chi connectivity index (χ1) is 8.58. The monoisotopic (exact) mass is 257 g/mol. The van der Waals surface area contributed by atoms with Crippen molar-refractivity contribution in [3.05, 3.63) is 35.4 Å². The Morgan fingerprint density at radius 3 is 2.56 bits per heavy atom. The Labute approximate surface area is 107 Å². The highest BCUT2D eigenvalue weighted by molar-refractivity contribution is 5.19. The lowest BCUT2D eigenvalue weighted by atomic mass is 10.0. The van der Waals surface area contributed by atoms with Crippen molar-refractivity contribution in [3.63, 3.8) is 0 Å². The van der Waals surface area contributed by atoms with Crippen LogP contribution in [0.15, 0.2) is 18.2 Å². The van der Waals surface area contributed by atoms with Crippen LogP contribution in [-0.4, -0.2) is 25.8 Å². The summed E-state index contributed by atoms with van der Waals surface area (Å²) < 4.78 is 31.3. The number of benzene rings is 1. The molecule has 2 unspecified atom stereocenters. The predicted molar refractivity (Wildman–Crippen MR) is 68.6 cm³/mol. The van der Waals surface area contributed by atoms with Gasteiger partial charge in [0.05, 0.1) is 6.10 Å². The summed E-state index contributed by atoms with van der Waals surface area (Å²) in [6.07, 6.45) is 1.65. The van der Waals surface area contributed by atoms with E-state index >= 15 is 0 Å². The van der Waals surface area contributed by atoms with E-state index in [1.54, 1.807) is 13.2 Å². The average Bonchev–Trinajstić information content (AvgIpc) is 2.37. The summed E-state index contributed by atoms with van der Waals surface area (Å²) in [7, 11) is 1.65. The van der Waals surface area contributed by atoms with E-state index in [1.165, 1.54) is 12.1 Å². The van der Waals surface area contributed by atoms with E-state index in [9.17, 15) is 8.78 Å². The molecule has 2 atom stereocenters. The van der Waals surface area contributed by atoms with Crippen LogP contribution in [0.4, 0.5) is 8.78 Å². The maximum atomic E-state index is 13.1. The second kappa shape index (κ2) is 7.44. The molecule has 1 aromatic carbocycles. The zero-order valence-corrected chi connectivity index (χ0v) is 11.2. The minimum atomic E-state index is -0.809. The molecule has 1 N–H and O–H groups in total. The van der Waals surface area contributed by atoms with Gasteiger partial charge in [0, 0.05) is 13.2 Å². The molecule has 0 amide bonds. The molecule has 0 aliphatic heterocycles. The molecular weight excluding hydrogens is 236 g/mol. The van der Waals surface area contributed by atoms with Gasteiger partial charge in [-0.05, 0) is 44.0 Å². The molecule has 0 radical (unpaired) electrons. The second-order valence-electron chi connectivity index (χ2n) is 4.45. The number of methoxy groups -OCH3 is 1. The van der Waals surface area contributed by atoms with E-state index in [0.29, 0.717) is 6.42 Å². The topological polar surface area (TPSA) is 21.3 Å². The van der Waals surface area contributed by atoms with E-state index in [4.69, 9.17) is 4.74 Å². The Morgan fingerprint density at radius 1 is 1.28 bits per heavy atom. The van der Waals surface area contributed by atoms with E-state index in [-0.39, 0.29) is 12.1 Å². The maximum Gasteiger partial charge on any atom is 0.159 e. The summed E-state index contributed by atoms with van der Waals surface area (Å²) >= 11 is 0. The quantitative estimate of drug-likeness (QED) is 0.811. The number of halogens is 2.